The van der Waals surface area contributed by atoms with Crippen LogP contribution in [-0.4, -0.2) is 22.8 Å². The van der Waals surface area contributed by atoms with Crippen LogP contribution in [0.15, 0.2) is 144 Å². The maximum atomic E-state index is 7.20. The summed E-state index contributed by atoms with van der Waals surface area (Å²) >= 11 is 4.41. The fourth-order valence-electron chi connectivity index (χ4n) is 6.57. The maximum absolute atomic E-state index is 7.20. The molecule has 0 fully saturated rings. The van der Waals surface area contributed by atoms with E-state index in [4.69, 9.17) is 23.7 Å². The summed E-state index contributed by atoms with van der Waals surface area (Å²) in [5, 5.41) is 0. The number of unbranched alkanes of at least 4 members (excludes halogenated alkanes) is 1. The molecular formula is C44H51BrO5. The molecule has 5 nitrogen and oxygen atoms in total. The van der Waals surface area contributed by atoms with Crippen LogP contribution in [0.3, 0.4) is 0 Å². The summed E-state index contributed by atoms with van der Waals surface area (Å²) in [6.45, 7) is 12.3. The largest absolute Gasteiger partial charge is 0.491 e. The first-order valence-corrected chi connectivity index (χ1v) is 18.6. The van der Waals surface area contributed by atoms with Gasteiger partial charge in [0.1, 0.15) is 36.6 Å². The van der Waals surface area contributed by atoms with Crippen LogP contribution >= 0.6 is 15.9 Å². The lowest BCUT2D eigenvalue weighted by molar-refractivity contribution is -0.247. The van der Waals surface area contributed by atoms with Crippen molar-refractivity contribution in [3.8, 4) is 5.75 Å². The van der Waals surface area contributed by atoms with Crippen molar-refractivity contribution < 1.29 is 23.7 Å². The van der Waals surface area contributed by atoms with Gasteiger partial charge in [0.2, 0.25) is 5.79 Å². The molecule has 264 valence electrons. The molecule has 0 aliphatic heterocycles. The number of allylic oxidation sites excluding steroid dienone is 1. The van der Waals surface area contributed by atoms with Crippen molar-refractivity contribution in [1.82, 2.24) is 0 Å². The highest BCUT2D eigenvalue weighted by Crippen LogP contribution is 2.56. The zero-order valence-electron chi connectivity index (χ0n) is 30.1. The quantitative estimate of drug-likeness (QED) is 0.0578. The van der Waals surface area contributed by atoms with E-state index in [1.165, 1.54) is 0 Å². The molecule has 0 spiro atoms. The standard InChI is InChI=1S/C44H51BrO5/c1-6-8-29-49-44(33(3)4,50-38-27-19-12-20-28-38)43(45)41(47-31-36-23-15-10-16-24-36)34(5)40(46-30-35-21-13-9-14-22-35)39(7-2)42(43)48-32-37-25-17-11-18-26-37/h9-28,33,42H,6-8,29-32H2,1-5H3. The number of alkyl halides is 1. The Hall–Kier alpha value is -3.84. The lowest BCUT2D eigenvalue weighted by atomic mass is 9.74. The number of halogens is 1. The maximum Gasteiger partial charge on any atom is 0.238 e. The van der Waals surface area contributed by atoms with E-state index in [1.54, 1.807) is 0 Å². The average molecular weight is 740 g/mol. The van der Waals surface area contributed by atoms with Crippen molar-refractivity contribution >= 4 is 15.9 Å². The first kappa shape index (κ1) is 37.4. The third-order valence-electron chi connectivity index (χ3n) is 9.17. The fraction of sp³-hybridized carbons (Fsp3) is 0.364. The molecule has 6 heteroatoms. The van der Waals surface area contributed by atoms with E-state index < -0.39 is 16.2 Å². The molecule has 5 rings (SSSR count). The SMILES string of the molecule is CCCCOC(Oc1ccccc1)(C(C)C)C1(Br)C(OCc2ccccc2)=C(C)C(OCc2ccccc2)=C(CC)C1OCc1ccccc1. The second-order valence-corrected chi connectivity index (χ2v) is 14.3. The molecular weight excluding hydrogens is 688 g/mol. The molecule has 0 amide bonds. The highest BCUT2D eigenvalue weighted by molar-refractivity contribution is 9.10. The van der Waals surface area contributed by atoms with Gasteiger partial charge in [-0.2, -0.15) is 0 Å². The van der Waals surface area contributed by atoms with E-state index in [-0.39, 0.29) is 5.92 Å². The minimum atomic E-state index is -1.27. The summed E-state index contributed by atoms with van der Waals surface area (Å²) in [6, 6.07) is 40.7. The molecule has 0 bridgehead atoms. The number of hydrogen-bond donors (Lipinski definition) is 0. The molecule has 0 radical (unpaired) electrons. The molecule has 4 aromatic rings. The van der Waals surface area contributed by atoms with Gasteiger partial charge in [-0.3, -0.25) is 0 Å². The molecule has 3 atom stereocenters. The van der Waals surface area contributed by atoms with E-state index >= 15 is 0 Å². The highest BCUT2D eigenvalue weighted by Gasteiger charge is 2.67. The van der Waals surface area contributed by atoms with Gasteiger partial charge in [-0.1, -0.05) is 159 Å². The zero-order chi connectivity index (χ0) is 35.4. The van der Waals surface area contributed by atoms with Crippen LogP contribution in [0.4, 0.5) is 0 Å². The Morgan fingerprint density at radius 1 is 0.700 bits per heavy atom. The summed E-state index contributed by atoms with van der Waals surface area (Å²) in [7, 11) is 0. The van der Waals surface area contributed by atoms with E-state index in [0.717, 1.165) is 46.4 Å². The number of para-hydroxylation sites is 1. The summed E-state index contributed by atoms with van der Waals surface area (Å²) in [4.78, 5) is 0. The average Bonchev–Trinajstić information content (AvgIpc) is 3.15. The predicted octanol–water partition coefficient (Wildman–Crippen LogP) is 11.3. The smallest absolute Gasteiger partial charge is 0.238 e. The van der Waals surface area contributed by atoms with E-state index in [0.29, 0.717) is 44.4 Å². The Labute approximate surface area is 307 Å². The van der Waals surface area contributed by atoms with Gasteiger partial charge in [0.05, 0.1) is 13.2 Å². The van der Waals surface area contributed by atoms with Crippen LogP contribution in [0, 0.1) is 5.92 Å². The van der Waals surface area contributed by atoms with Crippen LogP contribution in [0.2, 0.25) is 0 Å². The summed E-state index contributed by atoms with van der Waals surface area (Å²) in [5.41, 5.74) is 5.09. The Kier molecular flexibility index (Phi) is 13.4. The molecule has 0 N–H and O–H groups in total. The Balaban J connectivity index is 1.74. The molecule has 4 aromatic carbocycles. The van der Waals surface area contributed by atoms with Crippen molar-refractivity contribution in [1.29, 1.82) is 0 Å². The van der Waals surface area contributed by atoms with Gasteiger partial charge in [0.25, 0.3) is 0 Å². The second kappa shape index (κ2) is 17.9. The normalized spacial score (nSPS) is 19.0. The minimum Gasteiger partial charge on any atom is -0.491 e. The minimum absolute atomic E-state index is 0.158. The molecule has 1 aliphatic rings. The van der Waals surface area contributed by atoms with Crippen molar-refractivity contribution in [2.24, 2.45) is 5.92 Å². The van der Waals surface area contributed by atoms with Crippen LogP contribution in [0.1, 0.15) is 70.6 Å². The monoisotopic (exact) mass is 738 g/mol. The number of ether oxygens (including phenoxy) is 5. The molecule has 0 aromatic heterocycles. The summed E-state index contributed by atoms with van der Waals surface area (Å²) in [5.74, 6) is 0.712. The lowest BCUT2D eigenvalue weighted by Crippen LogP contribution is -2.68. The topological polar surface area (TPSA) is 46.2 Å². The number of hydrogen-bond acceptors (Lipinski definition) is 5. The van der Waals surface area contributed by atoms with Crippen molar-refractivity contribution in [2.75, 3.05) is 6.61 Å². The summed E-state index contributed by atoms with van der Waals surface area (Å²) < 4.78 is 34.1. The van der Waals surface area contributed by atoms with Crippen molar-refractivity contribution in [3.05, 3.63) is 161 Å². The van der Waals surface area contributed by atoms with E-state index in [2.05, 4.69) is 86.9 Å². The van der Waals surface area contributed by atoms with Gasteiger partial charge in [-0.05, 0) is 48.6 Å². The van der Waals surface area contributed by atoms with Gasteiger partial charge in [-0.25, -0.2) is 0 Å². The molecule has 3 unspecified atom stereocenters. The first-order chi connectivity index (χ1) is 24.3. The number of rotatable bonds is 18. The van der Waals surface area contributed by atoms with Gasteiger partial charge >= 0.3 is 0 Å². The Morgan fingerprint density at radius 2 is 1.20 bits per heavy atom. The van der Waals surface area contributed by atoms with Gasteiger partial charge < -0.3 is 23.7 Å². The predicted molar refractivity (Wildman–Crippen MR) is 205 cm³/mol. The molecule has 50 heavy (non-hydrogen) atoms. The highest BCUT2D eigenvalue weighted by atomic mass is 79.9. The van der Waals surface area contributed by atoms with E-state index in [9.17, 15) is 0 Å². The van der Waals surface area contributed by atoms with Crippen molar-refractivity contribution in [2.45, 2.75) is 89.9 Å². The Bertz CT molecular complexity index is 1670. The van der Waals surface area contributed by atoms with E-state index in [1.807, 2.05) is 84.9 Å². The lowest BCUT2D eigenvalue weighted by Gasteiger charge is -2.54. The van der Waals surface area contributed by atoms with Crippen LogP contribution in [0.25, 0.3) is 0 Å². The van der Waals surface area contributed by atoms with Crippen LogP contribution < -0.4 is 4.74 Å². The van der Waals surface area contributed by atoms with Gasteiger partial charge in [-0.15, -0.1) is 0 Å². The van der Waals surface area contributed by atoms with Gasteiger partial charge in [0, 0.05) is 17.1 Å². The zero-order valence-corrected chi connectivity index (χ0v) is 31.7. The third-order valence-corrected chi connectivity index (χ3v) is 10.5. The second-order valence-electron chi connectivity index (χ2n) is 13.0. The molecule has 1 aliphatic carbocycles. The first-order valence-electron chi connectivity index (χ1n) is 17.8. The third kappa shape index (κ3) is 8.37. The van der Waals surface area contributed by atoms with Gasteiger partial charge in [0.15, 0.2) is 4.32 Å². The molecule has 0 saturated heterocycles. The van der Waals surface area contributed by atoms with Crippen LogP contribution in [-0.2, 0) is 38.8 Å². The van der Waals surface area contributed by atoms with Crippen LogP contribution in [0.5, 0.6) is 5.75 Å². The molecule has 0 heterocycles. The molecule has 0 saturated carbocycles. The van der Waals surface area contributed by atoms with Crippen molar-refractivity contribution in [3.63, 3.8) is 0 Å². The fourth-order valence-corrected chi connectivity index (χ4v) is 8.04. The summed E-state index contributed by atoms with van der Waals surface area (Å²) in [6.07, 6.45) is 1.93. The number of benzene rings is 4. The Morgan fingerprint density at radius 3 is 1.70 bits per heavy atom.